The van der Waals surface area contributed by atoms with Crippen LogP contribution in [0.4, 0.5) is 5.69 Å². The fourth-order valence-corrected chi connectivity index (χ4v) is 3.10. The standard InChI is InChI=1S/C21H26N4O/c1-16(2)25(15-17-13-22-24(3)14-17)12-11-21(26)23-20-10-6-8-18-7-4-5-9-19(18)20/h4-10,13-14,16H,11-12,15H2,1-3H3,(H,23,26). The number of anilines is 1. The quantitative estimate of drug-likeness (QED) is 0.705. The van der Waals surface area contributed by atoms with Gasteiger partial charge in [0.1, 0.15) is 0 Å². The summed E-state index contributed by atoms with van der Waals surface area (Å²) in [6.07, 6.45) is 4.36. The molecule has 1 N–H and O–H groups in total. The van der Waals surface area contributed by atoms with Crippen LogP contribution < -0.4 is 5.32 Å². The third kappa shape index (κ3) is 4.49. The zero-order valence-corrected chi connectivity index (χ0v) is 15.6. The van der Waals surface area contributed by atoms with Crippen LogP contribution in [0.2, 0.25) is 0 Å². The van der Waals surface area contributed by atoms with E-state index in [1.54, 1.807) is 4.68 Å². The predicted octanol–water partition coefficient (Wildman–Crippen LogP) is 3.81. The van der Waals surface area contributed by atoms with Crippen molar-refractivity contribution in [2.45, 2.75) is 32.9 Å². The van der Waals surface area contributed by atoms with E-state index in [2.05, 4.69) is 41.3 Å². The van der Waals surface area contributed by atoms with Crippen LogP contribution in [0.1, 0.15) is 25.8 Å². The largest absolute Gasteiger partial charge is 0.325 e. The molecule has 0 bridgehead atoms. The van der Waals surface area contributed by atoms with Crippen molar-refractivity contribution in [3.05, 3.63) is 60.4 Å². The van der Waals surface area contributed by atoms with Gasteiger partial charge in [-0.05, 0) is 25.3 Å². The summed E-state index contributed by atoms with van der Waals surface area (Å²) in [7, 11) is 1.92. The molecule has 1 amide bonds. The van der Waals surface area contributed by atoms with Gasteiger partial charge in [0.05, 0.1) is 6.20 Å². The lowest BCUT2D eigenvalue weighted by atomic mass is 10.1. The number of amides is 1. The minimum absolute atomic E-state index is 0.0400. The SMILES string of the molecule is CC(C)N(CCC(=O)Nc1cccc2ccccc12)Cc1cnn(C)c1. The van der Waals surface area contributed by atoms with E-state index < -0.39 is 0 Å². The number of nitrogens with one attached hydrogen (secondary N) is 1. The van der Waals surface area contributed by atoms with Gasteiger partial charge >= 0.3 is 0 Å². The number of rotatable bonds is 7. The maximum absolute atomic E-state index is 12.5. The molecule has 0 radical (unpaired) electrons. The summed E-state index contributed by atoms with van der Waals surface area (Å²) in [4.78, 5) is 14.8. The predicted molar refractivity (Wildman–Crippen MR) is 106 cm³/mol. The van der Waals surface area contributed by atoms with Crippen molar-refractivity contribution in [2.24, 2.45) is 7.05 Å². The van der Waals surface area contributed by atoms with Crippen LogP contribution in [-0.2, 0) is 18.4 Å². The smallest absolute Gasteiger partial charge is 0.225 e. The summed E-state index contributed by atoms with van der Waals surface area (Å²) in [6.45, 7) is 5.81. The third-order valence-corrected chi connectivity index (χ3v) is 4.56. The van der Waals surface area contributed by atoms with Gasteiger partial charge in [-0.25, -0.2) is 0 Å². The van der Waals surface area contributed by atoms with Crippen LogP contribution in [0.3, 0.4) is 0 Å². The molecule has 0 saturated heterocycles. The number of hydrogen-bond acceptors (Lipinski definition) is 3. The molecular formula is C21H26N4O. The number of carbonyl (C=O) groups is 1. The van der Waals surface area contributed by atoms with Crippen molar-refractivity contribution in [3.8, 4) is 0 Å². The first-order valence-electron chi connectivity index (χ1n) is 9.02. The lowest BCUT2D eigenvalue weighted by Crippen LogP contribution is -2.33. The molecule has 0 fully saturated rings. The lowest BCUT2D eigenvalue weighted by Gasteiger charge is -2.25. The van der Waals surface area contributed by atoms with E-state index in [9.17, 15) is 4.79 Å². The second kappa shape index (κ2) is 8.15. The fraction of sp³-hybridized carbons (Fsp3) is 0.333. The van der Waals surface area contributed by atoms with Crippen molar-refractivity contribution in [1.82, 2.24) is 14.7 Å². The van der Waals surface area contributed by atoms with Crippen LogP contribution in [0, 0.1) is 0 Å². The summed E-state index contributed by atoms with van der Waals surface area (Å²) in [5.74, 6) is 0.0400. The molecule has 26 heavy (non-hydrogen) atoms. The number of hydrogen-bond donors (Lipinski definition) is 1. The van der Waals surface area contributed by atoms with Gasteiger partial charge in [-0.2, -0.15) is 5.10 Å². The van der Waals surface area contributed by atoms with Crippen LogP contribution in [0.25, 0.3) is 10.8 Å². The molecule has 0 saturated carbocycles. The van der Waals surface area contributed by atoms with Gasteiger partial charge in [-0.3, -0.25) is 14.4 Å². The van der Waals surface area contributed by atoms with Crippen LogP contribution in [-0.4, -0.2) is 33.2 Å². The normalized spacial score (nSPS) is 11.4. The highest BCUT2D eigenvalue weighted by Gasteiger charge is 2.14. The molecule has 0 atom stereocenters. The Kier molecular flexibility index (Phi) is 5.68. The maximum atomic E-state index is 12.5. The highest BCUT2D eigenvalue weighted by Crippen LogP contribution is 2.23. The van der Waals surface area contributed by atoms with Crippen molar-refractivity contribution < 1.29 is 4.79 Å². The first-order valence-corrected chi connectivity index (χ1v) is 9.02. The molecule has 1 heterocycles. The molecule has 0 unspecified atom stereocenters. The van der Waals surface area contributed by atoms with Gasteiger partial charge < -0.3 is 5.32 Å². The highest BCUT2D eigenvalue weighted by molar-refractivity contribution is 6.02. The van der Waals surface area contributed by atoms with E-state index in [4.69, 9.17) is 0 Å². The first kappa shape index (κ1) is 18.1. The Bertz CT molecular complexity index is 879. The lowest BCUT2D eigenvalue weighted by molar-refractivity contribution is -0.116. The molecule has 0 aliphatic rings. The summed E-state index contributed by atoms with van der Waals surface area (Å²) in [5.41, 5.74) is 2.03. The highest BCUT2D eigenvalue weighted by atomic mass is 16.1. The summed E-state index contributed by atoms with van der Waals surface area (Å²) >= 11 is 0. The zero-order chi connectivity index (χ0) is 18.5. The first-order chi connectivity index (χ1) is 12.5. The van der Waals surface area contributed by atoms with Gasteiger partial charge in [0.15, 0.2) is 0 Å². The van der Waals surface area contributed by atoms with Gasteiger partial charge in [0.25, 0.3) is 0 Å². The Labute approximate surface area is 154 Å². The molecule has 5 heteroatoms. The van der Waals surface area contributed by atoms with Gasteiger partial charge in [0.2, 0.25) is 5.91 Å². The number of aryl methyl sites for hydroxylation is 1. The zero-order valence-electron chi connectivity index (χ0n) is 15.6. The Morgan fingerprint density at radius 1 is 1.19 bits per heavy atom. The summed E-state index contributed by atoms with van der Waals surface area (Å²) in [5, 5.41) is 9.48. The Hall–Kier alpha value is -2.66. The minimum atomic E-state index is 0.0400. The number of carbonyl (C=O) groups excluding carboxylic acids is 1. The van der Waals surface area contributed by atoms with E-state index in [-0.39, 0.29) is 5.91 Å². The number of benzene rings is 2. The van der Waals surface area contributed by atoms with Gasteiger partial charge in [-0.15, -0.1) is 0 Å². The number of fused-ring (bicyclic) bond motifs is 1. The summed E-state index contributed by atoms with van der Waals surface area (Å²) < 4.78 is 1.81. The molecule has 3 rings (SSSR count). The fourth-order valence-electron chi connectivity index (χ4n) is 3.10. The minimum Gasteiger partial charge on any atom is -0.325 e. The van der Waals surface area contributed by atoms with E-state index >= 15 is 0 Å². The average molecular weight is 350 g/mol. The van der Waals surface area contributed by atoms with Gasteiger partial charge in [-0.1, -0.05) is 36.4 Å². The van der Waals surface area contributed by atoms with E-state index in [0.29, 0.717) is 19.0 Å². The Balaban J connectivity index is 1.61. The molecule has 0 spiro atoms. The van der Waals surface area contributed by atoms with E-state index in [1.807, 2.05) is 49.8 Å². The monoisotopic (exact) mass is 350 g/mol. The maximum Gasteiger partial charge on any atom is 0.225 e. The van der Waals surface area contributed by atoms with Crippen molar-refractivity contribution in [1.29, 1.82) is 0 Å². The van der Waals surface area contributed by atoms with E-state index in [0.717, 1.165) is 28.6 Å². The second-order valence-corrected chi connectivity index (χ2v) is 6.91. The van der Waals surface area contributed by atoms with Crippen LogP contribution >= 0.6 is 0 Å². The Morgan fingerprint density at radius 3 is 2.69 bits per heavy atom. The van der Waals surface area contributed by atoms with Gasteiger partial charge in [0, 0.05) is 55.4 Å². The van der Waals surface area contributed by atoms with E-state index in [1.165, 1.54) is 0 Å². The van der Waals surface area contributed by atoms with Crippen LogP contribution in [0.5, 0.6) is 0 Å². The number of aromatic nitrogens is 2. The molecule has 136 valence electrons. The molecule has 3 aromatic rings. The van der Waals surface area contributed by atoms with Crippen LogP contribution in [0.15, 0.2) is 54.9 Å². The topological polar surface area (TPSA) is 50.2 Å². The summed E-state index contributed by atoms with van der Waals surface area (Å²) in [6, 6.07) is 14.4. The molecular weight excluding hydrogens is 324 g/mol. The van der Waals surface area contributed by atoms with Crippen molar-refractivity contribution >= 4 is 22.4 Å². The molecule has 1 aromatic heterocycles. The van der Waals surface area contributed by atoms with Crippen molar-refractivity contribution in [3.63, 3.8) is 0 Å². The molecule has 0 aliphatic heterocycles. The third-order valence-electron chi connectivity index (χ3n) is 4.56. The molecule has 2 aromatic carbocycles. The Morgan fingerprint density at radius 2 is 1.96 bits per heavy atom. The average Bonchev–Trinajstić information content (AvgIpc) is 3.03. The van der Waals surface area contributed by atoms with Crippen molar-refractivity contribution in [2.75, 3.05) is 11.9 Å². The molecule has 0 aliphatic carbocycles. The second-order valence-electron chi connectivity index (χ2n) is 6.91. The molecule has 5 nitrogen and oxygen atoms in total. The number of nitrogens with zero attached hydrogens (tertiary/aromatic N) is 3.